The molecule has 2 heterocycles. The minimum absolute atomic E-state index is 0.00647. The van der Waals surface area contributed by atoms with Crippen molar-refractivity contribution in [2.24, 2.45) is 10.9 Å². The number of sulfonamides is 1. The molecule has 1 saturated heterocycles. The zero-order valence-electron chi connectivity index (χ0n) is 19.2. The number of nitrogens with one attached hydrogen (secondary N) is 2. The van der Waals surface area contributed by atoms with Crippen molar-refractivity contribution in [3.63, 3.8) is 0 Å². The van der Waals surface area contributed by atoms with Gasteiger partial charge in [-0.3, -0.25) is 24.1 Å². The van der Waals surface area contributed by atoms with E-state index >= 15 is 0 Å². The molecule has 2 aliphatic rings. The Morgan fingerprint density at radius 3 is 2.66 bits per heavy atom. The van der Waals surface area contributed by atoms with Crippen molar-refractivity contribution < 1.29 is 27.5 Å². The van der Waals surface area contributed by atoms with Gasteiger partial charge < -0.3 is 15.0 Å². The van der Waals surface area contributed by atoms with Gasteiger partial charge >= 0.3 is 5.97 Å². The van der Waals surface area contributed by atoms with Gasteiger partial charge in [-0.15, -0.1) is 0 Å². The Morgan fingerprint density at radius 2 is 1.94 bits per heavy atom. The molecule has 2 N–H and O–H groups in total. The van der Waals surface area contributed by atoms with E-state index in [4.69, 9.17) is 4.74 Å². The molecule has 2 aromatic rings. The number of aryl methyl sites for hydroxylation is 1. The Labute approximate surface area is 203 Å². The summed E-state index contributed by atoms with van der Waals surface area (Å²) in [6.45, 7) is 2.16. The van der Waals surface area contributed by atoms with Crippen LogP contribution in [0.2, 0.25) is 0 Å². The van der Waals surface area contributed by atoms with Crippen molar-refractivity contribution in [1.82, 2.24) is 4.72 Å². The second-order valence-corrected chi connectivity index (χ2v) is 10.1. The molecule has 184 valence electrons. The Kier molecular flexibility index (Phi) is 7.15. The van der Waals surface area contributed by atoms with Gasteiger partial charge in [0.25, 0.3) is 15.9 Å². The lowest BCUT2D eigenvalue weighted by atomic mass is 10.1. The van der Waals surface area contributed by atoms with E-state index < -0.39 is 34.4 Å². The normalized spacial score (nSPS) is 17.7. The van der Waals surface area contributed by atoms with Crippen LogP contribution in [0, 0.1) is 12.8 Å². The van der Waals surface area contributed by atoms with Crippen LogP contribution in [0.25, 0.3) is 0 Å². The number of hydrogen-bond donors (Lipinski definition) is 2. The molecule has 2 aromatic carbocycles. The van der Waals surface area contributed by atoms with Crippen LogP contribution in [-0.2, 0) is 29.1 Å². The highest BCUT2D eigenvalue weighted by atomic mass is 32.2. The number of carbonyl (C=O) groups excluding carboxylic acids is 3. The molecule has 10 nitrogen and oxygen atoms in total. The maximum atomic E-state index is 12.6. The predicted molar refractivity (Wildman–Crippen MR) is 130 cm³/mol. The van der Waals surface area contributed by atoms with Crippen LogP contribution in [0.3, 0.4) is 0 Å². The first-order chi connectivity index (χ1) is 16.7. The van der Waals surface area contributed by atoms with Crippen LogP contribution in [0.15, 0.2) is 58.4 Å². The molecule has 4 rings (SSSR count). The van der Waals surface area contributed by atoms with E-state index in [-0.39, 0.29) is 29.5 Å². The molecular weight excluding hydrogens is 472 g/mol. The highest BCUT2D eigenvalue weighted by molar-refractivity contribution is 7.90. The van der Waals surface area contributed by atoms with Gasteiger partial charge in [-0.05, 0) is 43.7 Å². The second kappa shape index (κ2) is 10.3. The molecule has 1 fully saturated rings. The van der Waals surface area contributed by atoms with Crippen molar-refractivity contribution in [1.29, 1.82) is 0 Å². The molecule has 0 aromatic heterocycles. The third-order valence-corrected chi connectivity index (χ3v) is 7.08. The van der Waals surface area contributed by atoms with Gasteiger partial charge in [-0.1, -0.05) is 23.8 Å². The Morgan fingerprint density at radius 1 is 1.17 bits per heavy atom. The first kappa shape index (κ1) is 24.4. The summed E-state index contributed by atoms with van der Waals surface area (Å²) in [5.74, 6) is -1.70. The number of anilines is 2. The van der Waals surface area contributed by atoms with Gasteiger partial charge in [-0.2, -0.15) is 0 Å². The second-order valence-electron chi connectivity index (χ2n) is 8.46. The lowest BCUT2D eigenvalue weighted by molar-refractivity contribution is -0.151. The van der Waals surface area contributed by atoms with Crippen molar-refractivity contribution in [3.8, 4) is 0 Å². The van der Waals surface area contributed by atoms with Crippen LogP contribution in [0.4, 0.5) is 11.4 Å². The zero-order chi connectivity index (χ0) is 25.0. The summed E-state index contributed by atoms with van der Waals surface area (Å²) in [5.41, 5.74) is 2.01. The van der Waals surface area contributed by atoms with Crippen LogP contribution < -0.4 is 14.9 Å². The van der Waals surface area contributed by atoms with Crippen molar-refractivity contribution in [2.75, 3.05) is 29.9 Å². The van der Waals surface area contributed by atoms with E-state index in [2.05, 4.69) is 15.0 Å². The van der Waals surface area contributed by atoms with Crippen LogP contribution >= 0.6 is 0 Å². The first-order valence-corrected chi connectivity index (χ1v) is 12.7. The van der Waals surface area contributed by atoms with Crippen LogP contribution in [0.1, 0.15) is 24.8 Å². The summed E-state index contributed by atoms with van der Waals surface area (Å²) in [6.07, 6.45) is 1.37. The summed E-state index contributed by atoms with van der Waals surface area (Å²) >= 11 is 0. The maximum absolute atomic E-state index is 12.6. The molecule has 35 heavy (non-hydrogen) atoms. The lowest BCUT2D eigenvalue weighted by Gasteiger charge is -2.16. The summed E-state index contributed by atoms with van der Waals surface area (Å²) in [5, 5.41) is 2.53. The van der Waals surface area contributed by atoms with E-state index in [1.54, 1.807) is 0 Å². The van der Waals surface area contributed by atoms with Gasteiger partial charge in [-0.25, -0.2) is 8.42 Å². The van der Waals surface area contributed by atoms with Gasteiger partial charge in [0.2, 0.25) is 5.91 Å². The van der Waals surface area contributed by atoms with E-state index in [0.29, 0.717) is 24.5 Å². The van der Waals surface area contributed by atoms with Crippen molar-refractivity contribution in [2.45, 2.75) is 31.1 Å². The molecule has 0 bridgehead atoms. The van der Waals surface area contributed by atoms with E-state index in [9.17, 15) is 22.8 Å². The minimum atomic E-state index is -3.83. The number of ether oxygens (including phenoxy) is 1. The number of carbonyl (C=O) groups is 3. The maximum Gasteiger partial charge on any atom is 0.311 e. The van der Waals surface area contributed by atoms with Crippen molar-refractivity contribution >= 4 is 45.0 Å². The number of hydrogen-bond acceptors (Lipinski definition) is 7. The Balaban J connectivity index is 1.30. The Bertz CT molecular complexity index is 1270. The number of amidine groups is 1. The van der Waals surface area contributed by atoms with Crippen LogP contribution in [0.5, 0.6) is 0 Å². The molecule has 0 aliphatic carbocycles. The smallest absolute Gasteiger partial charge is 0.311 e. The van der Waals surface area contributed by atoms with E-state index in [0.717, 1.165) is 12.0 Å². The molecule has 2 aliphatic heterocycles. The Hall–Kier alpha value is -3.73. The largest absolute Gasteiger partial charge is 0.455 e. The summed E-state index contributed by atoms with van der Waals surface area (Å²) in [4.78, 5) is 42.7. The van der Waals surface area contributed by atoms with Crippen molar-refractivity contribution in [3.05, 3.63) is 54.1 Å². The minimum Gasteiger partial charge on any atom is -0.455 e. The number of amides is 2. The monoisotopic (exact) mass is 498 g/mol. The number of aliphatic imine (C=N–C) groups is 1. The number of esters is 1. The quantitative estimate of drug-likeness (QED) is 0.561. The molecule has 0 spiro atoms. The summed E-state index contributed by atoms with van der Waals surface area (Å²) in [7, 11) is -3.83. The lowest BCUT2D eigenvalue weighted by Crippen LogP contribution is -2.29. The number of benzene rings is 2. The van der Waals surface area contributed by atoms with Gasteiger partial charge in [0.1, 0.15) is 5.84 Å². The van der Waals surface area contributed by atoms with E-state index in [1.807, 2.05) is 31.2 Å². The summed E-state index contributed by atoms with van der Waals surface area (Å²) in [6, 6.07) is 13.2. The summed E-state index contributed by atoms with van der Waals surface area (Å²) < 4.78 is 32.7. The van der Waals surface area contributed by atoms with Gasteiger partial charge in [0, 0.05) is 37.3 Å². The topological polar surface area (TPSA) is 134 Å². The third-order valence-electron chi connectivity index (χ3n) is 5.70. The average Bonchev–Trinajstić information content (AvgIpc) is 3.47. The molecule has 0 saturated carbocycles. The molecule has 0 unspecified atom stereocenters. The number of nitrogens with zero attached hydrogens (tertiary/aromatic N) is 2. The van der Waals surface area contributed by atoms with Gasteiger partial charge in [0.05, 0.1) is 10.8 Å². The van der Waals surface area contributed by atoms with Gasteiger partial charge in [0.15, 0.2) is 6.61 Å². The number of rotatable bonds is 7. The van der Waals surface area contributed by atoms with E-state index in [1.165, 1.54) is 29.2 Å². The predicted octanol–water partition coefficient (Wildman–Crippen LogP) is 2.00. The third kappa shape index (κ3) is 6.04. The molecular formula is C24H26N4O6S. The van der Waals surface area contributed by atoms with Crippen LogP contribution in [-0.4, -0.2) is 51.7 Å². The zero-order valence-corrected chi connectivity index (χ0v) is 20.0. The fourth-order valence-electron chi connectivity index (χ4n) is 3.87. The SMILES string of the molecule is Cc1ccc(N2C[C@@H](C(=O)OCC(=O)Nc3cccc(S(=O)(=O)NC4=NCCC4)c3)CC2=O)cc1. The standard InChI is InChI=1S/C24H26N4O6S/c1-16-7-9-19(10-8-16)28-14-17(12-23(28)30)24(31)34-15-22(29)26-18-4-2-5-20(13-18)35(32,33)27-21-6-3-11-25-21/h2,4-5,7-10,13,17H,3,6,11-12,14-15H2,1H3,(H,25,27)(H,26,29)/t17-/m0/s1. The fraction of sp³-hybridized carbons (Fsp3) is 0.333. The molecule has 2 amide bonds. The fourth-order valence-corrected chi connectivity index (χ4v) is 5.00. The molecule has 11 heteroatoms. The first-order valence-electron chi connectivity index (χ1n) is 11.2. The highest BCUT2D eigenvalue weighted by Crippen LogP contribution is 2.26. The average molecular weight is 499 g/mol. The highest BCUT2D eigenvalue weighted by Gasteiger charge is 2.36. The molecule has 0 radical (unpaired) electrons. The molecule has 1 atom stereocenters.